The van der Waals surface area contributed by atoms with Gasteiger partial charge in [0.1, 0.15) is 22.8 Å². The van der Waals surface area contributed by atoms with Crippen LogP contribution >= 0.6 is 22.9 Å². The van der Waals surface area contributed by atoms with Crippen LogP contribution in [0.25, 0.3) is 10.2 Å². The Kier molecular flexibility index (Phi) is 7.84. The molecular formula is C27H31ClFN5OS. The van der Waals surface area contributed by atoms with Crippen LogP contribution in [-0.4, -0.2) is 51.4 Å². The molecule has 6 nitrogen and oxygen atoms in total. The predicted octanol–water partition coefficient (Wildman–Crippen LogP) is 6.32. The van der Waals surface area contributed by atoms with Crippen molar-refractivity contribution in [3.05, 3.63) is 58.0 Å². The molecule has 190 valence electrons. The number of halogens is 2. The van der Waals surface area contributed by atoms with Crippen LogP contribution in [0.3, 0.4) is 0 Å². The van der Waals surface area contributed by atoms with Gasteiger partial charge in [-0.3, -0.25) is 9.69 Å². The summed E-state index contributed by atoms with van der Waals surface area (Å²) in [7, 11) is 0. The van der Waals surface area contributed by atoms with E-state index in [-0.39, 0.29) is 10.9 Å². The van der Waals surface area contributed by atoms with Crippen LogP contribution in [-0.2, 0) is 17.8 Å². The zero-order chi connectivity index (χ0) is 25.1. The van der Waals surface area contributed by atoms with Crippen LogP contribution in [0, 0.1) is 5.82 Å². The first-order valence-corrected chi connectivity index (χ1v) is 13.9. The van der Waals surface area contributed by atoms with Gasteiger partial charge in [0.25, 0.3) is 0 Å². The molecule has 0 atom stereocenters. The van der Waals surface area contributed by atoms with Crippen molar-refractivity contribution < 1.29 is 9.18 Å². The number of anilines is 2. The minimum Gasteiger partial charge on any atom is -0.340 e. The van der Waals surface area contributed by atoms with Gasteiger partial charge in [0, 0.05) is 35.8 Å². The second-order valence-electron chi connectivity index (χ2n) is 9.45. The fourth-order valence-electron chi connectivity index (χ4n) is 5.30. The van der Waals surface area contributed by atoms with Crippen molar-refractivity contribution in [2.24, 2.45) is 0 Å². The molecule has 0 unspecified atom stereocenters. The van der Waals surface area contributed by atoms with Crippen LogP contribution in [0.2, 0.25) is 5.02 Å². The molecule has 0 radical (unpaired) electrons. The number of hydrogen-bond acceptors (Lipinski definition) is 6. The van der Waals surface area contributed by atoms with E-state index in [0.29, 0.717) is 30.6 Å². The smallest absolute Gasteiger partial charge is 0.246 e. The number of fused-ring (bicyclic) bond motifs is 3. The molecule has 1 aromatic carbocycles. The van der Waals surface area contributed by atoms with Crippen molar-refractivity contribution in [2.45, 2.75) is 58.0 Å². The Morgan fingerprint density at radius 1 is 1.31 bits per heavy atom. The van der Waals surface area contributed by atoms with Gasteiger partial charge in [-0.25, -0.2) is 14.4 Å². The van der Waals surface area contributed by atoms with E-state index in [9.17, 15) is 9.18 Å². The van der Waals surface area contributed by atoms with Gasteiger partial charge in [0.15, 0.2) is 0 Å². The van der Waals surface area contributed by atoms with Crippen LogP contribution in [0.5, 0.6) is 0 Å². The normalized spacial score (nSPS) is 16.7. The topological polar surface area (TPSA) is 61.4 Å². The first-order valence-electron chi connectivity index (χ1n) is 12.7. The molecule has 1 fully saturated rings. The van der Waals surface area contributed by atoms with E-state index in [1.807, 2.05) is 11.0 Å². The Hall–Kier alpha value is -2.55. The van der Waals surface area contributed by atoms with Crippen molar-refractivity contribution in [1.82, 2.24) is 19.8 Å². The van der Waals surface area contributed by atoms with Crippen molar-refractivity contribution in [3.63, 3.8) is 0 Å². The van der Waals surface area contributed by atoms with Gasteiger partial charge in [-0.15, -0.1) is 11.3 Å². The van der Waals surface area contributed by atoms with Gasteiger partial charge in [-0.1, -0.05) is 43.9 Å². The van der Waals surface area contributed by atoms with Crippen molar-refractivity contribution in [2.75, 3.05) is 25.0 Å². The van der Waals surface area contributed by atoms with Crippen LogP contribution < -0.4 is 5.32 Å². The van der Waals surface area contributed by atoms with E-state index in [1.54, 1.807) is 29.5 Å². The third-order valence-corrected chi connectivity index (χ3v) is 8.64. The number of aromatic nitrogens is 2. The Labute approximate surface area is 220 Å². The molecule has 1 saturated carbocycles. The van der Waals surface area contributed by atoms with Gasteiger partial charge in [-0.05, 0) is 49.6 Å². The van der Waals surface area contributed by atoms with E-state index < -0.39 is 5.82 Å². The lowest BCUT2D eigenvalue weighted by atomic mass is 9.94. The Bertz CT molecular complexity index is 1270. The minimum atomic E-state index is -0.460. The summed E-state index contributed by atoms with van der Waals surface area (Å²) in [5, 5.41) is 4.28. The zero-order valence-electron chi connectivity index (χ0n) is 20.5. The standard InChI is InChI=1S/C27H31ClFN5OS/c1-2-33(19-7-4-3-5-8-19)13-6-9-24(35)34-14-12-20-23(16-34)36-27-25(20)26(30-17-31-27)32-18-10-11-22(29)21(28)15-18/h6,9-11,15,17,19H,2-5,7-8,12-14,16H2,1H3,(H,30,31,32)/b9-6+. The van der Waals surface area contributed by atoms with Gasteiger partial charge >= 0.3 is 0 Å². The largest absolute Gasteiger partial charge is 0.340 e. The molecule has 3 heterocycles. The Morgan fingerprint density at radius 3 is 2.92 bits per heavy atom. The number of likely N-dealkylation sites (N-methyl/N-ethyl adjacent to an activating group) is 1. The number of nitrogens with zero attached hydrogens (tertiary/aromatic N) is 4. The molecule has 0 saturated heterocycles. The van der Waals surface area contributed by atoms with Crippen molar-refractivity contribution >= 4 is 50.6 Å². The maximum absolute atomic E-state index is 13.6. The molecule has 5 rings (SSSR count). The van der Waals surface area contributed by atoms with E-state index in [1.165, 1.54) is 50.1 Å². The summed E-state index contributed by atoms with van der Waals surface area (Å²) < 4.78 is 13.6. The number of thiophene rings is 1. The van der Waals surface area contributed by atoms with Gasteiger partial charge < -0.3 is 10.2 Å². The summed E-state index contributed by atoms with van der Waals surface area (Å²) >= 11 is 7.55. The van der Waals surface area contributed by atoms with E-state index in [2.05, 4.69) is 27.1 Å². The maximum Gasteiger partial charge on any atom is 0.246 e. The van der Waals surface area contributed by atoms with E-state index in [0.717, 1.165) is 34.6 Å². The monoisotopic (exact) mass is 527 g/mol. The fourth-order valence-corrected chi connectivity index (χ4v) is 6.68. The summed E-state index contributed by atoms with van der Waals surface area (Å²) in [5.41, 5.74) is 1.84. The first kappa shape index (κ1) is 25.1. The molecule has 1 amide bonds. The number of carbonyl (C=O) groups excluding carboxylic acids is 1. The van der Waals surface area contributed by atoms with Gasteiger partial charge in [0.05, 0.1) is 17.0 Å². The van der Waals surface area contributed by atoms with Gasteiger partial charge in [-0.2, -0.15) is 0 Å². The third-order valence-electron chi connectivity index (χ3n) is 7.23. The number of benzene rings is 1. The highest BCUT2D eigenvalue weighted by atomic mass is 35.5. The molecule has 36 heavy (non-hydrogen) atoms. The lowest BCUT2D eigenvalue weighted by Crippen LogP contribution is -2.37. The van der Waals surface area contributed by atoms with Crippen molar-refractivity contribution in [3.8, 4) is 0 Å². The average Bonchev–Trinajstić information content (AvgIpc) is 3.28. The molecule has 3 aromatic rings. The molecule has 0 spiro atoms. The summed E-state index contributed by atoms with van der Waals surface area (Å²) in [5.74, 6) is 0.267. The van der Waals surface area contributed by atoms with Crippen LogP contribution in [0.4, 0.5) is 15.9 Å². The van der Waals surface area contributed by atoms with Gasteiger partial charge in [0.2, 0.25) is 5.91 Å². The molecule has 2 aromatic heterocycles. The Morgan fingerprint density at radius 2 is 2.14 bits per heavy atom. The van der Waals surface area contributed by atoms with Crippen LogP contribution in [0.15, 0.2) is 36.7 Å². The quantitative estimate of drug-likeness (QED) is 0.364. The number of carbonyl (C=O) groups is 1. The molecule has 0 bridgehead atoms. The summed E-state index contributed by atoms with van der Waals surface area (Å²) in [6, 6.07) is 5.16. The Balaban J connectivity index is 1.27. The molecular weight excluding hydrogens is 497 g/mol. The maximum atomic E-state index is 13.6. The predicted molar refractivity (Wildman–Crippen MR) is 144 cm³/mol. The molecule has 1 N–H and O–H groups in total. The first-order chi connectivity index (χ1) is 17.5. The highest BCUT2D eigenvalue weighted by molar-refractivity contribution is 7.19. The zero-order valence-corrected chi connectivity index (χ0v) is 22.0. The average molecular weight is 528 g/mol. The number of rotatable bonds is 7. The molecule has 1 aliphatic heterocycles. The minimum absolute atomic E-state index is 0.0562. The highest BCUT2D eigenvalue weighted by Gasteiger charge is 2.26. The van der Waals surface area contributed by atoms with E-state index in [4.69, 9.17) is 11.6 Å². The summed E-state index contributed by atoms with van der Waals surface area (Å²) in [6.45, 7) is 5.27. The van der Waals surface area contributed by atoms with Crippen LogP contribution in [0.1, 0.15) is 49.5 Å². The number of nitrogens with one attached hydrogen (secondary N) is 1. The SMILES string of the molecule is CCN(C/C=C/C(=O)N1CCc2c(sc3ncnc(Nc4ccc(F)c(Cl)c4)c23)C1)C1CCCCC1. The third kappa shape index (κ3) is 5.41. The molecule has 1 aliphatic carbocycles. The fraction of sp³-hybridized carbons (Fsp3) is 0.444. The second-order valence-corrected chi connectivity index (χ2v) is 10.9. The number of amides is 1. The lowest BCUT2D eigenvalue weighted by Gasteiger charge is -2.32. The lowest BCUT2D eigenvalue weighted by molar-refractivity contribution is -0.126. The summed E-state index contributed by atoms with van der Waals surface area (Å²) in [4.78, 5) is 28.3. The van der Waals surface area contributed by atoms with E-state index >= 15 is 0 Å². The highest BCUT2D eigenvalue weighted by Crippen LogP contribution is 2.38. The second kappa shape index (κ2) is 11.2. The van der Waals surface area contributed by atoms with Crippen molar-refractivity contribution in [1.29, 1.82) is 0 Å². The molecule has 2 aliphatic rings. The molecule has 9 heteroatoms. The summed E-state index contributed by atoms with van der Waals surface area (Å²) in [6.07, 6.45) is 12.6. The number of hydrogen-bond donors (Lipinski definition) is 1.